The molecule has 3 heterocycles. The van der Waals surface area contributed by atoms with Gasteiger partial charge >= 0.3 is 0 Å². The van der Waals surface area contributed by atoms with Crippen molar-refractivity contribution in [1.82, 2.24) is 19.9 Å². The second-order valence-corrected chi connectivity index (χ2v) is 7.98. The molecule has 2 fully saturated rings. The molecule has 31 heavy (non-hydrogen) atoms. The van der Waals surface area contributed by atoms with E-state index < -0.39 is 0 Å². The molecule has 1 amide bonds. The van der Waals surface area contributed by atoms with E-state index in [0.717, 1.165) is 46.8 Å². The van der Waals surface area contributed by atoms with Crippen LogP contribution >= 0.6 is 0 Å². The second kappa shape index (κ2) is 7.46. The summed E-state index contributed by atoms with van der Waals surface area (Å²) in [5.41, 5.74) is 4.95. The number of hydrogen-bond donors (Lipinski definition) is 3. The Bertz CT molecular complexity index is 1240. The highest BCUT2D eigenvalue weighted by Gasteiger charge is 2.24. The van der Waals surface area contributed by atoms with E-state index in [4.69, 9.17) is 9.72 Å². The molecule has 158 valence electrons. The molecule has 0 bridgehead atoms. The van der Waals surface area contributed by atoms with Crippen LogP contribution in [0.2, 0.25) is 0 Å². The lowest BCUT2D eigenvalue weighted by Crippen LogP contribution is -2.10. The quantitative estimate of drug-likeness (QED) is 0.566. The summed E-state index contributed by atoms with van der Waals surface area (Å²) in [6.07, 6.45) is 6.28. The number of hydrogen-bond acceptors (Lipinski definition) is 6. The Hall–Kier alpha value is -3.81. The van der Waals surface area contributed by atoms with Crippen molar-refractivity contribution in [2.45, 2.75) is 32.2 Å². The van der Waals surface area contributed by atoms with Gasteiger partial charge in [-0.2, -0.15) is 9.61 Å². The van der Waals surface area contributed by atoms with E-state index in [0.29, 0.717) is 29.6 Å². The van der Waals surface area contributed by atoms with E-state index in [-0.39, 0.29) is 5.91 Å². The number of carbonyl (C=O) groups is 1. The monoisotopic (exact) mass is 416 g/mol. The largest absolute Gasteiger partial charge is 0.495 e. The first-order chi connectivity index (χ1) is 15.0. The van der Waals surface area contributed by atoms with Crippen LogP contribution in [0.1, 0.15) is 30.4 Å². The molecule has 2 aliphatic rings. The van der Waals surface area contributed by atoms with Crippen molar-refractivity contribution >= 4 is 35.0 Å². The molecular weight excluding hydrogens is 392 g/mol. The third kappa shape index (κ3) is 3.84. The number of carbonyl (C=O) groups excluding carboxylic acids is 1. The van der Waals surface area contributed by atoms with E-state index in [1.807, 2.05) is 37.3 Å². The lowest BCUT2D eigenvalue weighted by molar-refractivity contribution is -0.118. The lowest BCUT2D eigenvalue weighted by Gasteiger charge is -2.14. The molecule has 0 unspecified atom stereocenters. The van der Waals surface area contributed by atoms with Crippen molar-refractivity contribution in [2.24, 2.45) is 0 Å². The fourth-order valence-electron chi connectivity index (χ4n) is 3.64. The second-order valence-electron chi connectivity index (χ2n) is 7.98. The Balaban J connectivity index is 1.59. The number of nitrogens with zero attached hydrogens (tertiary/aromatic N) is 3. The van der Waals surface area contributed by atoms with Crippen LogP contribution < -0.4 is 20.7 Å². The molecule has 3 N–H and O–H groups in total. The molecule has 1 saturated carbocycles. The molecule has 8 nitrogen and oxygen atoms in total. The summed E-state index contributed by atoms with van der Waals surface area (Å²) in [6, 6.07) is 8.37. The molecule has 1 aromatic carbocycles. The molecule has 3 aromatic rings. The minimum Gasteiger partial charge on any atom is -0.495 e. The molecule has 8 heteroatoms. The maximum absolute atomic E-state index is 11.7. The van der Waals surface area contributed by atoms with Crippen molar-refractivity contribution in [1.29, 1.82) is 0 Å². The van der Waals surface area contributed by atoms with Gasteiger partial charge in [0, 0.05) is 23.4 Å². The number of ether oxygens (including phenoxy) is 1. The van der Waals surface area contributed by atoms with Crippen LogP contribution in [-0.4, -0.2) is 33.7 Å². The number of fused-ring (bicyclic) bond motifs is 1. The molecule has 0 radical (unpaired) electrons. The number of rotatable bonds is 6. The van der Waals surface area contributed by atoms with Crippen LogP contribution in [0.3, 0.4) is 0 Å². The van der Waals surface area contributed by atoms with Gasteiger partial charge < -0.3 is 20.7 Å². The summed E-state index contributed by atoms with van der Waals surface area (Å²) >= 11 is 0. The maximum atomic E-state index is 11.7. The van der Waals surface area contributed by atoms with Crippen molar-refractivity contribution in [3.63, 3.8) is 0 Å². The van der Waals surface area contributed by atoms with Gasteiger partial charge in [0.25, 0.3) is 0 Å². The molecule has 0 atom stereocenters. The van der Waals surface area contributed by atoms with E-state index >= 15 is 0 Å². The Morgan fingerprint density at radius 1 is 1.32 bits per heavy atom. The van der Waals surface area contributed by atoms with E-state index in [1.54, 1.807) is 17.8 Å². The summed E-state index contributed by atoms with van der Waals surface area (Å²) in [4.78, 5) is 16.5. The normalized spacial score (nSPS) is 17.3. The smallest absolute Gasteiger partial charge is 0.228 e. The van der Waals surface area contributed by atoms with E-state index in [1.165, 1.54) is 0 Å². The zero-order valence-corrected chi connectivity index (χ0v) is 17.5. The predicted molar refractivity (Wildman–Crippen MR) is 121 cm³/mol. The van der Waals surface area contributed by atoms with Crippen molar-refractivity contribution in [3.05, 3.63) is 59.4 Å². The SMILES string of the molecule is C=C1NC(=O)C/C1=C\c1cnn2c(NC3CC3)cc(Nc3cc(C)ccc3OC)nc12. The van der Waals surface area contributed by atoms with Gasteiger partial charge in [0.2, 0.25) is 5.91 Å². The van der Waals surface area contributed by atoms with Gasteiger partial charge in [0.1, 0.15) is 17.4 Å². The maximum Gasteiger partial charge on any atom is 0.228 e. The minimum atomic E-state index is -0.0503. The summed E-state index contributed by atoms with van der Waals surface area (Å²) in [5.74, 6) is 2.24. The standard InChI is InChI=1S/C23H24N6O2/c1-13-4-7-19(31-3)18(8-13)27-20-11-21(26-17-5-6-17)29-23(28-20)16(12-24-29)9-15-10-22(30)25-14(15)2/h4,7-9,11-12,17,26H,2,5-6,10H2,1,3H3,(H,25,30)(H,27,28)/b15-9+. The number of amides is 1. The van der Waals surface area contributed by atoms with E-state index in [2.05, 4.69) is 27.6 Å². The van der Waals surface area contributed by atoms with Gasteiger partial charge in [-0.25, -0.2) is 4.98 Å². The molecule has 5 rings (SSSR count). The number of benzene rings is 1. The van der Waals surface area contributed by atoms with Crippen LogP contribution in [0.25, 0.3) is 11.7 Å². The zero-order valence-electron chi connectivity index (χ0n) is 17.5. The van der Waals surface area contributed by atoms with Gasteiger partial charge in [-0.05, 0) is 49.1 Å². The third-order valence-electron chi connectivity index (χ3n) is 5.40. The van der Waals surface area contributed by atoms with Crippen LogP contribution in [0.4, 0.5) is 17.3 Å². The van der Waals surface area contributed by atoms with E-state index in [9.17, 15) is 4.79 Å². The molecular formula is C23H24N6O2. The van der Waals surface area contributed by atoms with Gasteiger partial charge in [0.15, 0.2) is 5.65 Å². The summed E-state index contributed by atoms with van der Waals surface area (Å²) in [7, 11) is 1.65. The average Bonchev–Trinajstić information content (AvgIpc) is 3.37. The fourth-order valence-corrected chi connectivity index (χ4v) is 3.64. The number of aromatic nitrogens is 3. The number of allylic oxidation sites excluding steroid dienone is 1. The number of anilines is 3. The van der Waals surface area contributed by atoms with Gasteiger partial charge in [0.05, 0.1) is 25.4 Å². The van der Waals surface area contributed by atoms with Gasteiger partial charge in [-0.1, -0.05) is 12.6 Å². The highest BCUT2D eigenvalue weighted by atomic mass is 16.5. The predicted octanol–water partition coefficient (Wildman–Crippen LogP) is 3.78. The van der Waals surface area contributed by atoms with Gasteiger partial charge in [-0.3, -0.25) is 4.79 Å². The first-order valence-corrected chi connectivity index (χ1v) is 10.3. The number of methoxy groups -OCH3 is 1. The highest BCUT2D eigenvalue weighted by molar-refractivity contribution is 5.89. The summed E-state index contributed by atoms with van der Waals surface area (Å²) < 4.78 is 7.30. The fraction of sp³-hybridized carbons (Fsp3) is 0.261. The number of nitrogens with one attached hydrogen (secondary N) is 3. The molecule has 2 aromatic heterocycles. The Morgan fingerprint density at radius 3 is 2.87 bits per heavy atom. The topological polar surface area (TPSA) is 92.6 Å². The van der Waals surface area contributed by atoms with Crippen molar-refractivity contribution in [2.75, 3.05) is 17.7 Å². The van der Waals surface area contributed by atoms with Crippen LogP contribution in [0.15, 0.2) is 48.3 Å². The molecule has 1 aliphatic heterocycles. The Labute approximate surface area is 180 Å². The zero-order chi connectivity index (χ0) is 21.5. The van der Waals surface area contributed by atoms with Crippen molar-refractivity contribution in [3.8, 4) is 5.75 Å². The lowest BCUT2D eigenvalue weighted by atomic mass is 10.1. The minimum absolute atomic E-state index is 0.0503. The third-order valence-corrected chi connectivity index (χ3v) is 5.40. The molecule has 1 aliphatic carbocycles. The first kappa shape index (κ1) is 19.2. The van der Waals surface area contributed by atoms with Gasteiger partial charge in [-0.15, -0.1) is 0 Å². The number of aryl methyl sites for hydroxylation is 1. The molecule has 0 spiro atoms. The van der Waals surface area contributed by atoms with Crippen LogP contribution in [0, 0.1) is 6.92 Å². The Morgan fingerprint density at radius 2 is 2.16 bits per heavy atom. The molecule has 1 saturated heterocycles. The highest BCUT2D eigenvalue weighted by Crippen LogP contribution is 2.32. The van der Waals surface area contributed by atoms with Crippen LogP contribution in [-0.2, 0) is 4.79 Å². The average molecular weight is 416 g/mol. The Kier molecular flexibility index (Phi) is 4.62. The van der Waals surface area contributed by atoms with Crippen molar-refractivity contribution < 1.29 is 9.53 Å². The summed E-state index contributed by atoms with van der Waals surface area (Å²) in [5, 5.41) is 14.2. The first-order valence-electron chi connectivity index (χ1n) is 10.3. The summed E-state index contributed by atoms with van der Waals surface area (Å²) in [6.45, 7) is 5.96. The van der Waals surface area contributed by atoms with Crippen LogP contribution in [0.5, 0.6) is 5.75 Å².